The minimum Gasteiger partial charge on any atom is -0.352 e. The van der Waals surface area contributed by atoms with E-state index in [1.807, 2.05) is 7.05 Å². The fraction of sp³-hybridized carbons (Fsp3) is 0.350. The molecule has 0 fully saturated rings. The van der Waals surface area contributed by atoms with Gasteiger partial charge in [-0.2, -0.15) is 0 Å². The van der Waals surface area contributed by atoms with Crippen molar-refractivity contribution in [2.75, 3.05) is 32.6 Å². The summed E-state index contributed by atoms with van der Waals surface area (Å²) in [5.74, 6) is 0.943. The van der Waals surface area contributed by atoms with Crippen molar-refractivity contribution < 1.29 is 0 Å². The van der Waals surface area contributed by atoms with E-state index >= 15 is 0 Å². The Morgan fingerprint density at radius 1 is 1.12 bits per heavy atom. The van der Waals surface area contributed by atoms with Gasteiger partial charge in [-0.15, -0.1) is 24.0 Å². The molecule has 0 radical (unpaired) electrons. The molecule has 2 aromatic rings. The number of halogens is 1. The molecule has 5 heteroatoms. The predicted octanol–water partition coefficient (Wildman–Crippen LogP) is 3.50. The topological polar surface area (TPSA) is 30.9 Å². The third kappa shape index (κ3) is 4.95. The normalized spacial score (nSPS) is 13.6. The van der Waals surface area contributed by atoms with Crippen LogP contribution in [-0.4, -0.2) is 38.5 Å². The Morgan fingerprint density at radius 3 is 2.64 bits per heavy atom. The van der Waals surface area contributed by atoms with E-state index in [-0.39, 0.29) is 24.0 Å². The van der Waals surface area contributed by atoms with E-state index in [0.29, 0.717) is 0 Å². The van der Waals surface area contributed by atoms with Gasteiger partial charge in [0, 0.05) is 32.4 Å². The molecule has 0 aromatic heterocycles. The number of anilines is 1. The number of benzene rings is 2. The van der Waals surface area contributed by atoms with Crippen molar-refractivity contribution in [3.05, 3.63) is 65.2 Å². The van der Waals surface area contributed by atoms with E-state index in [1.165, 1.54) is 22.4 Å². The van der Waals surface area contributed by atoms with Crippen molar-refractivity contribution in [2.24, 2.45) is 4.99 Å². The average Bonchev–Trinajstić information content (AvgIpc) is 2.99. The highest BCUT2D eigenvalue weighted by Crippen LogP contribution is 2.27. The number of nitrogens with one attached hydrogen (secondary N) is 1. The Labute approximate surface area is 168 Å². The maximum Gasteiger partial charge on any atom is 0.198 e. The van der Waals surface area contributed by atoms with Crippen molar-refractivity contribution in [1.29, 1.82) is 0 Å². The summed E-state index contributed by atoms with van der Waals surface area (Å²) in [6, 6.07) is 17.3. The van der Waals surface area contributed by atoms with Gasteiger partial charge in [-0.3, -0.25) is 4.99 Å². The van der Waals surface area contributed by atoms with Crippen LogP contribution in [0, 0.1) is 0 Å². The van der Waals surface area contributed by atoms with E-state index in [1.54, 1.807) is 0 Å². The van der Waals surface area contributed by atoms with Crippen LogP contribution in [0.25, 0.3) is 0 Å². The minimum absolute atomic E-state index is 0. The quantitative estimate of drug-likeness (QED) is 0.440. The number of aliphatic imine (C=N–C) groups is 1. The summed E-state index contributed by atoms with van der Waals surface area (Å²) in [5.41, 5.74) is 5.28. The van der Waals surface area contributed by atoms with Gasteiger partial charge in [-0.25, -0.2) is 0 Å². The molecule has 134 valence electrons. The number of nitrogens with zero attached hydrogens (tertiary/aromatic N) is 3. The van der Waals surface area contributed by atoms with E-state index < -0.39 is 0 Å². The molecule has 0 bridgehead atoms. The first kappa shape index (κ1) is 19.7. The summed E-state index contributed by atoms with van der Waals surface area (Å²) in [6.45, 7) is 2.73. The second-order valence-electron chi connectivity index (χ2n) is 6.49. The summed E-state index contributed by atoms with van der Waals surface area (Å²) in [7, 11) is 6.04. The maximum atomic E-state index is 4.48. The summed E-state index contributed by atoms with van der Waals surface area (Å²) >= 11 is 0. The summed E-state index contributed by atoms with van der Waals surface area (Å²) in [4.78, 5) is 8.94. The molecule has 0 unspecified atom stereocenters. The highest BCUT2D eigenvalue weighted by atomic mass is 127. The van der Waals surface area contributed by atoms with Crippen molar-refractivity contribution >= 4 is 35.6 Å². The molecule has 1 heterocycles. The maximum absolute atomic E-state index is 4.48. The van der Waals surface area contributed by atoms with Crippen LogP contribution in [0.4, 0.5) is 5.69 Å². The van der Waals surface area contributed by atoms with Crippen LogP contribution in [0.15, 0.2) is 53.5 Å². The van der Waals surface area contributed by atoms with Crippen LogP contribution in [0.1, 0.15) is 16.7 Å². The molecule has 3 rings (SSSR count). The number of hydrogen-bond donors (Lipinski definition) is 1. The van der Waals surface area contributed by atoms with Crippen LogP contribution in [0.3, 0.4) is 0 Å². The first-order valence-electron chi connectivity index (χ1n) is 8.46. The lowest BCUT2D eigenvalue weighted by Gasteiger charge is -2.22. The molecule has 2 aromatic carbocycles. The summed E-state index contributed by atoms with van der Waals surface area (Å²) in [6.07, 6.45) is 1.08. The van der Waals surface area contributed by atoms with Crippen LogP contribution in [-0.2, 0) is 19.5 Å². The van der Waals surface area contributed by atoms with Gasteiger partial charge in [-0.05, 0) is 43.3 Å². The van der Waals surface area contributed by atoms with Gasteiger partial charge in [0.2, 0.25) is 0 Å². The van der Waals surface area contributed by atoms with Crippen molar-refractivity contribution in [2.45, 2.75) is 19.5 Å². The fourth-order valence-electron chi connectivity index (χ4n) is 3.24. The Morgan fingerprint density at radius 2 is 1.88 bits per heavy atom. The van der Waals surface area contributed by atoms with E-state index in [4.69, 9.17) is 0 Å². The molecule has 1 aliphatic rings. The van der Waals surface area contributed by atoms with E-state index in [2.05, 4.69) is 82.7 Å². The summed E-state index contributed by atoms with van der Waals surface area (Å²) < 4.78 is 0. The van der Waals surface area contributed by atoms with Crippen LogP contribution in [0.2, 0.25) is 0 Å². The fourth-order valence-corrected chi connectivity index (χ4v) is 3.24. The molecule has 0 aliphatic carbocycles. The zero-order valence-corrected chi connectivity index (χ0v) is 17.5. The lowest BCUT2D eigenvalue weighted by molar-refractivity contribution is 0.402. The Kier molecular flexibility index (Phi) is 7.25. The molecule has 0 spiro atoms. The second-order valence-corrected chi connectivity index (χ2v) is 6.49. The standard InChI is InChI=1S/C20H26N4.HI/c1-21-20(24-12-11-18-9-4-5-10-19(18)24)22-14-16-7-6-8-17(13-16)15-23(2)3;/h4-10,13H,11-12,14-15H2,1-3H3,(H,21,22);1H. The molecule has 0 amide bonds. The molecule has 1 N–H and O–H groups in total. The average molecular weight is 450 g/mol. The highest BCUT2D eigenvalue weighted by Gasteiger charge is 2.22. The predicted molar refractivity (Wildman–Crippen MR) is 117 cm³/mol. The lowest BCUT2D eigenvalue weighted by atomic mass is 10.1. The van der Waals surface area contributed by atoms with Crippen molar-refractivity contribution in [3.63, 3.8) is 0 Å². The van der Waals surface area contributed by atoms with Crippen LogP contribution < -0.4 is 10.2 Å². The number of hydrogen-bond acceptors (Lipinski definition) is 2. The third-order valence-corrected chi connectivity index (χ3v) is 4.30. The van der Waals surface area contributed by atoms with Gasteiger partial charge in [-0.1, -0.05) is 42.5 Å². The number of rotatable bonds is 4. The number of para-hydroxylation sites is 1. The first-order chi connectivity index (χ1) is 11.7. The third-order valence-electron chi connectivity index (χ3n) is 4.30. The molecule has 25 heavy (non-hydrogen) atoms. The molecule has 0 saturated heterocycles. The monoisotopic (exact) mass is 450 g/mol. The van der Waals surface area contributed by atoms with Crippen LogP contribution >= 0.6 is 24.0 Å². The van der Waals surface area contributed by atoms with Crippen molar-refractivity contribution in [1.82, 2.24) is 10.2 Å². The highest BCUT2D eigenvalue weighted by molar-refractivity contribution is 14.0. The molecule has 1 aliphatic heterocycles. The number of fused-ring (bicyclic) bond motifs is 1. The zero-order chi connectivity index (χ0) is 16.9. The lowest BCUT2D eigenvalue weighted by Crippen LogP contribution is -2.40. The molecule has 0 atom stereocenters. The van der Waals surface area contributed by atoms with Crippen molar-refractivity contribution in [3.8, 4) is 0 Å². The Bertz CT molecular complexity index is 727. The molecular weight excluding hydrogens is 423 g/mol. The van der Waals surface area contributed by atoms with Gasteiger partial charge < -0.3 is 15.1 Å². The molecule has 4 nitrogen and oxygen atoms in total. The van der Waals surface area contributed by atoms with Gasteiger partial charge in [0.25, 0.3) is 0 Å². The van der Waals surface area contributed by atoms with Gasteiger partial charge in [0.1, 0.15) is 0 Å². The Balaban J connectivity index is 0.00000225. The number of guanidine groups is 1. The molecule has 0 saturated carbocycles. The molecular formula is C20H27IN4. The minimum atomic E-state index is 0. The first-order valence-corrected chi connectivity index (χ1v) is 8.46. The SMILES string of the molecule is CN=C(NCc1cccc(CN(C)C)c1)N1CCc2ccccc21.I. The van der Waals surface area contributed by atoms with Gasteiger partial charge in [0.15, 0.2) is 5.96 Å². The van der Waals surface area contributed by atoms with Crippen LogP contribution in [0.5, 0.6) is 0 Å². The van der Waals surface area contributed by atoms with Gasteiger partial charge in [0.05, 0.1) is 0 Å². The van der Waals surface area contributed by atoms with E-state index in [9.17, 15) is 0 Å². The smallest absolute Gasteiger partial charge is 0.198 e. The van der Waals surface area contributed by atoms with E-state index in [0.717, 1.165) is 32.0 Å². The summed E-state index contributed by atoms with van der Waals surface area (Å²) in [5, 5.41) is 3.51. The largest absolute Gasteiger partial charge is 0.352 e. The zero-order valence-electron chi connectivity index (χ0n) is 15.2. The van der Waals surface area contributed by atoms with Gasteiger partial charge >= 0.3 is 0 Å². The Hall–Kier alpha value is -1.60. The second kappa shape index (κ2) is 9.20.